The van der Waals surface area contributed by atoms with Crippen LogP contribution in [-0.4, -0.2) is 12.6 Å². The molecule has 0 unspecified atom stereocenters. The van der Waals surface area contributed by atoms with Gasteiger partial charge in [-0.25, -0.2) is 0 Å². The van der Waals surface area contributed by atoms with Crippen LogP contribution >= 0.6 is 0 Å². The van der Waals surface area contributed by atoms with Gasteiger partial charge in [0.25, 0.3) is 0 Å². The van der Waals surface area contributed by atoms with Crippen molar-refractivity contribution in [2.45, 2.75) is 53.9 Å². The highest BCUT2D eigenvalue weighted by Gasteiger charge is 2.11. The predicted molar refractivity (Wildman–Crippen MR) is 59.1 cm³/mol. The summed E-state index contributed by atoms with van der Waals surface area (Å²) in [6, 6.07) is 0. The molecule has 0 aliphatic rings. The third-order valence-electron chi connectivity index (χ3n) is 1.89. The van der Waals surface area contributed by atoms with Crippen LogP contribution in [0.1, 0.15) is 53.9 Å². The van der Waals surface area contributed by atoms with Crippen molar-refractivity contribution in [2.75, 3.05) is 6.61 Å². The van der Waals surface area contributed by atoms with Crippen LogP contribution in [0.4, 0.5) is 0 Å². The molecule has 0 fully saturated rings. The second-order valence-corrected chi connectivity index (χ2v) is 5.49. The molecule has 0 atom stereocenters. The molecule has 0 saturated carbocycles. The summed E-state index contributed by atoms with van der Waals surface area (Å²) in [5.74, 6) is 0.379. The van der Waals surface area contributed by atoms with Crippen LogP contribution in [0.3, 0.4) is 0 Å². The van der Waals surface area contributed by atoms with Gasteiger partial charge in [0.2, 0.25) is 0 Å². The third kappa shape index (κ3) is 9.56. The molecule has 0 heterocycles. The smallest absolute Gasteiger partial charge is 0.305 e. The Labute approximate surface area is 88.0 Å². The Bertz CT molecular complexity index is 166. The number of esters is 1. The summed E-state index contributed by atoms with van der Waals surface area (Å²) in [5.41, 5.74) is 0.318. The molecule has 0 aliphatic heterocycles. The molecule has 0 aliphatic carbocycles. The van der Waals surface area contributed by atoms with Gasteiger partial charge in [0.1, 0.15) is 0 Å². The van der Waals surface area contributed by atoms with Gasteiger partial charge in [-0.15, -0.1) is 0 Å². The van der Waals surface area contributed by atoms with Crippen molar-refractivity contribution in [3.05, 3.63) is 0 Å². The topological polar surface area (TPSA) is 26.3 Å². The lowest BCUT2D eigenvalue weighted by Gasteiger charge is -2.17. The van der Waals surface area contributed by atoms with Gasteiger partial charge in [-0.3, -0.25) is 4.79 Å². The van der Waals surface area contributed by atoms with Crippen molar-refractivity contribution < 1.29 is 9.53 Å². The lowest BCUT2D eigenvalue weighted by molar-refractivity contribution is -0.144. The van der Waals surface area contributed by atoms with Gasteiger partial charge < -0.3 is 4.74 Å². The van der Waals surface area contributed by atoms with Crippen molar-refractivity contribution >= 4 is 5.97 Å². The molecule has 0 aromatic heterocycles. The van der Waals surface area contributed by atoms with Gasteiger partial charge in [0.05, 0.1) is 6.61 Å². The molecular formula is C12H24O2. The average Bonchev–Trinajstić information content (AvgIpc) is 1.98. The first kappa shape index (κ1) is 13.5. The van der Waals surface area contributed by atoms with E-state index in [1.807, 2.05) is 13.8 Å². The maximum Gasteiger partial charge on any atom is 0.305 e. The van der Waals surface area contributed by atoms with Crippen molar-refractivity contribution in [3.8, 4) is 0 Å². The average molecular weight is 200 g/mol. The van der Waals surface area contributed by atoms with Gasteiger partial charge in [0, 0.05) is 6.42 Å². The zero-order valence-electron chi connectivity index (χ0n) is 10.2. The standard InChI is InChI=1S/C12H24O2/c1-10(2)9-14-11(13)7-6-8-12(3,4)5/h10H,6-9H2,1-5H3. The zero-order valence-corrected chi connectivity index (χ0v) is 10.2. The Hall–Kier alpha value is -0.530. The lowest BCUT2D eigenvalue weighted by atomic mass is 9.90. The van der Waals surface area contributed by atoms with E-state index in [1.54, 1.807) is 0 Å². The molecule has 0 aromatic carbocycles. The van der Waals surface area contributed by atoms with E-state index in [1.165, 1.54) is 0 Å². The summed E-state index contributed by atoms with van der Waals surface area (Å²) in [6.45, 7) is 11.2. The fourth-order valence-electron chi connectivity index (χ4n) is 1.09. The minimum atomic E-state index is -0.0528. The molecule has 84 valence electrons. The van der Waals surface area contributed by atoms with Gasteiger partial charge in [-0.1, -0.05) is 34.6 Å². The minimum Gasteiger partial charge on any atom is -0.465 e. The molecule has 0 amide bonds. The molecule has 0 radical (unpaired) electrons. The number of carbonyl (C=O) groups excluding carboxylic acids is 1. The first-order chi connectivity index (χ1) is 6.31. The zero-order chi connectivity index (χ0) is 11.2. The SMILES string of the molecule is CC(C)COC(=O)CCCC(C)(C)C. The summed E-state index contributed by atoms with van der Waals surface area (Å²) in [5, 5.41) is 0. The van der Waals surface area contributed by atoms with E-state index in [2.05, 4.69) is 20.8 Å². The Morgan fingerprint density at radius 1 is 1.29 bits per heavy atom. The van der Waals surface area contributed by atoms with Gasteiger partial charge in [0.15, 0.2) is 0 Å². The molecule has 0 rings (SSSR count). The van der Waals surface area contributed by atoms with E-state index in [0.29, 0.717) is 24.4 Å². The minimum absolute atomic E-state index is 0.0528. The third-order valence-corrected chi connectivity index (χ3v) is 1.89. The van der Waals surface area contributed by atoms with Crippen LogP contribution in [0.15, 0.2) is 0 Å². The van der Waals surface area contributed by atoms with E-state index in [-0.39, 0.29) is 5.97 Å². The number of carbonyl (C=O) groups is 1. The molecule has 2 heteroatoms. The Morgan fingerprint density at radius 3 is 2.29 bits per heavy atom. The number of rotatable bonds is 5. The highest BCUT2D eigenvalue weighted by atomic mass is 16.5. The molecule has 0 bridgehead atoms. The van der Waals surface area contributed by atoms with E-state index in [0.717, 1.165) is 12.8 Å². The maximum absolute atomic E-state index is 11.2. The van der Waals surface area contributed by atoms with E-state index in [9.17, 15) is 4.79 Å². The van der Waals surface area contributed by atoms with Crippen molar-refractivity contribution in [2.24, 2.45) is 11.3 Å². The van der Waals surface area contributed by atoms with Crippen LogP contribution < -0.4 is 0 Å². The molecular weight excluding hydrogens is 176 g/mol. The van der Waals surface area contributed by atoms with E-state index in [4.69, 9.17) is 4.74 Å². The summed E-state index contributed by atoms with van der Waals surface area (Å²) in [4.78, 5) is 11.2. The van der Waals surface area contributed by atoms with E-state index < -0.39 is 0 Å². The van der Waals surface area contributed by atoms with Crippen LogP contribution in [0.5, 0.6) is 0 Å². The summed E-state index contributed by atoms with van der Waals surface area (Å²) < 4.78 is 5.08. The molecule has 2 nitrogen and oxygen atoms in total. The number of hydrogen-bond donors (Lipinski definition) is 0. The first-order valence-electron chi connectivity index (χ1n) is 5.47. The first-order valence-corrected chi connectivity index (χ1v) is 5.47. The van der Waals surface area contributed by atoms with Gasteiger partial charge in [-0.05, 0) is 24.2 Å². The quantitative estimate of drug-likeness (QED) is 0.636. The van der Waals surface area contributed by atoms with Gasteiger partial charge in [-0.2, -0.15) is 0 Å². The van der Waals surface area contributed by atoms with Crippen molar-refractivity contribution in [3.63, 3.8) is 0 Å². The van der Waals surface area contributed by atoms with E-state index >= 15 is 0 Å². The number of hydrogen-bond acceptors (Lipinski definition) is 2. The second-order valence-electron chi connectivity index (χ2n) is 5.49. The predicted octanol–water partition coefficient (Wildman–Crippen LogP) is 3.40. The largest absolute Gasteiger partial charge is 0.465 e. The summed E-state index contributed by atoms with van der Waals surface area (Å²) in [7, 11) is 0. The number of ether oxygens (including phenoxy) is 1. The lowest BCUT2D eigenvalue weighted by Crippen LogP contribution is -2.11. The van der Waals surface area contributed by atoms with Crippen LogP contribution in [0.2, 0.25) is 0 Å². The molecule has 0 spiro atoms. The highest BCUT2D eigenvalue weighted by Crippen LogP contribution is 2.21. The van der Waals surface area contributed by atoms with Gasteiger partial charge >= 0.3 is 5.97 Å². The van der Waals surface area contributed by atoms with Crippen molar-refractivity contribution in [1.29, 1.82) is 0 Å². The fraction of sp³-hybridized carbons (Fsp3) is 0.917. The molecule has 0 aromatic rings. The monoisotopic (exact) mass is 200 g/mol. The molecule has 0 N–H and O–H groups in total. The molecule has 0 saturated heterocycles. The Morgan fingerprint density at radius 2 is 1.86 bits per heavy atom. The van der Waals surface area contributed by atoms with Crippen molar-refractivity contribution in [1.82, 2.24) is 0 Å². The molecule has 14 heavy (non-hydrogen) atoms. The fourth-order valence-corrected chi connectivity index (χ4v) is 1.09. The van der Waals surface area contributed by atoms with Crippen LogP contribution in [0, 0.1) is 11.3 Å². The van der Waals surface area contributed by atoms with Crippen LogP contribution in [0.25, 0.3) is 0 Å². The summed E-state index contributed by atoms with van der Waals surface area (Å²) in [6.07, 6.45) is 2.56. The van der Waals surface area contributed by atoms with Crippen LogP contribution in [-0.2, 0) is 9.53 Å². The summed E-state index contributed by atoms with van der Waals surface area (Å²) >= 11 is 0. The highest BCUT2D eigenvalue weighted by molar-refractivity contribution is 5.69. The second kappa shape index (κ2) is 6.05. The Balaban J connectivity index is 3.46. The normalized spacial score (nSPS) is 11.9. The maximum atomic E-state index is 11.2. The Kier molecular flexibility index (Phi) is 5.82.